The van der Waals surface area contributed by atoms with E-state index in [9.17, 15) is 13.2 Å². The number of para-hydroxylation sites is 1. The summed E-state index contributed by atoms with van der Waals surface area (Å²) in [6.45, 7) is 1.98. The molecule has 0 N–H and O–H groups in total. The first-order valence-electron chi connectivity index (χ1n) is 8.90. The zero-order chi connectivity index (χ0) is 19.9. The monoisotopic (exact) mass is 434 g/mol. The fraction of sp³-hybridized carbons (Fsp3) is 0.300. The van der Waals surface area contributed by atoms with E-state index in [2.05, 4.69) is 4.99 Å². The van der Waals surface area contributed by atoms with E-state index in [-0.39, 0.29) is 35.1 Å². The average molecular weight is 435 g/mol. The van der Waals surface area contributed by atoms with Crippen LogP contribution in [0.3, 0.4) is 0 Å². The first kappa shape index (κ1) is 19.5. The van der Waals surface area contributed by atoms with E-state index in [0.717, 1.165) is 16.8 Å². The van der Waals surface area contributed by atoms with Gasteiger partial charge in [0.25, 0.3) is 5.91 Å². The van der Waals surface area contributed by atoms with Crippen molar-refractivity contribution >= 4 is 50.0 Å². The van der Waals surface area contributed by atoms with E-state index in [1.54, 1.807) is 12.1 Å². The summed E-state index contributed by atoms with van der Waals surface area (Å²) >= 11 is 7.28. The average Bonchev–Trinajstić information content (AvgIpc) is 3.08. The largest absolute Gasteiger partial charge is 0.315 e. The van der Waals surface area contributed by atoms with E-state index in [1.165, 1.54) is 11.8 Å². The molecule has 0 saturated carbocycles. The third kappa shape index (κ3) is 3.97. The highest BCUT2D eigenvalue weighted by Gasteiger charge is 2.49. The summed E-state index contributed by atoms with van der Waals surface area (Å²) < 4.78 is 24.3. The van der Waals surface area contributed by atoms with Crippen LogP contribution in [-0.2, 0) is 21.1 Å². The van der Waals surface area contributed by atoms with Crippen LogP contribution in [0, 0.1) is 6.92 Å². The number of benzene rings is 2. The third-order valence-electron chi connectivity index (χ3n) is 4.93. The maximum atomic E-state index is 12.6. The number of thioether (sulfide) groups is 1. The second kappa shape index (κ2) is 7.54. The number of carbonyl (C=O) groups is 1. The van der Waals surface area contributed by atoms with Crippen molar-refractivity contribution in [3.8, 4) is 0 Å². The van der Waals surface area contributed by atoms with Crippen molar-refractivity contribution < 1.29 is 13.2 Å². The SMILES string of the molecule is Cc1ccccc1N1C(=NC(=O)Cc2ccc(Cl)cc2)S[C@@H]2CS(=O)(=O)C[C@H]21. The summed E-state index contributed by atoms with van der Waals surface area (Å²) in [6, 6.07) is 14.7. The number of hydrogen-bond acceptors (Lipinski definition) is 4. The second-order valence-electron chi connectivity index (χ2n) is 7.05. The van der Waals surface area contributed by atoms with Crippen molar-refractivity contribution in [2.24, 2.45) is 4.99 Å². The summed E-state index contributed by atoms with van der Waals surface area (Å²) in [7, 11) is -3.08. The maximum absolute atomic E-state index is 12.6. The standard InChI is InChI=1S/C20H19ClN2O3S2/c1-13-4-2-3-5-16(13)23-17-11-28(25,26)12-18(17)27-20(23)22-19(24)10-14-6-8-15(21)9-7-14/h2-9,17-18H,10-12H2,1H3/t17-,18-/m1/s1. The highest BCUT2D eigenvalue weighted by molar-refractivity contribution is 8.16. The third-order valence-corrected chi connectivity index (χ3v) is 8.39. The van der Waals surface area contributed by atoms with Gasteiger partial charge in [0.15, 0.2) is 15.0 Å². The smallest absolute Gasteiger partial charge is 0.252 e. The van der Waals surface area contributed by atoms with E-state index < -0.39 is 9.84 Å². The number of carbonyl (C=O) groups excluding carboxylic acids is 1. The Morgan fingerprint density at radius 3 is 2.61 bits per heavy atom. The topological polar surface area (TPSA) is 66.8 Å². The summed E-state index contributed by atoms with van der Waals surface area (Å²) in [5.41, 5.74) is 2.76. The lowest BCUT2D eigenvalue weighted by molar-refractivity contribution is -0.117. The van der Waals surface area contributed by atoms with Crippen molar-refractivity contribution in [3.05, 3.63) is 64.7 Å². The van der Waals surface area contributed by atoms with Crippen molar-refractivity contribution in [2.75, 3.05) is 16.4 Å². The van der Waals surface area contributed by atoms with Gasteiger partial charge < -0.3 is 4.90 Å². The number of hydrogen-bond donors (Lipinski definition) is 0. The summed E-state index contributed by atoms with van der Waals surface area (Å²) in [6.07, 6.45) is 0.177. The molecule has 2 aliphatic rings. The minimum absolute atomic E-state index is 0.0867. The van der Waals surface area contributed by atoms with Crippen LogP contribution >= 0.6 is 23.4 Å². The number of aliphatic imine (C=N–C) groups is 1. The van der Waals surface area contributed by atoms with Crippen LogP contribution in [0.25, 0.3) is 0 Å². The van der Waals surface area contributed by atoms with Crippen LogP contribution in [0.1, 0.15) is 11.1 Å². The molecule has 2 fully saturated rings. The van der Waals surface area contributed by atoms with E-state index >= 15 is 0 Å². The minimum atomic E-state index is -3.08. The van der Waals surface area contributed by atoms with Crippen molar-refractivity contribution in [1.82, 2.24) is 0 Å². The number of aryl methyl sites for hydroxylation is 1. The predicted molar refractivity (Wildman–Crippen MR) is 115 cm³/mol. The Kier molecular flexibility index (Phi) is 5.24. The molecule has 8 heteroatoms. The molecule has 2 aromatic rings. The van der Waals surface area contributed by atoms with Crippen LogP contribution < -0.4 is 4.90 Å². The number of amides is 1. The molecule has 28 heavy (non-hydrogen) atoms. The molecular formula is C20H19ClN2O3S2. The molecule has 0 radical (unpaired) electrons. The molecule has 2 heterocycles. The molecule has 0 unspecified atom stereocenters. The van der Waals surface area contributed by atoms with E-state index in [1.807, 2.05) is 48.2 Å². The fourth-order valence-electron chi connectivity index (χ4n) is 3.60. The first-order valence-corrected chi connectivity index (χ1v) is 12.0. The highest BCUT2D eigenvalue weighted by Crippen LogP contribution is 2.41. The van der Waals surface area contributed by atoms with Crippen molar-refractivity contribution in [2.45, 2.75) is 24.6 Å². The Morgan fingerprint density at radius 2 is 1.89 bits per heavy atom. The predicted octanol–water partition coefficient (Wildman–Crippen LogP) is 3.49. The lowest BCUT2D eigenvalue weighted by Crippen LogP contribution is -2.38. The van der Waals surface area contributed by atoms with E-state index in [0.29, 0.717) is 10.2 Å². The molecule has 2 atom stereocenters. The summed E-state index contributed by atoms with van der Waals surface area (Å²) in [5, 5.41) is 1.10. The van der Waals surface area contributed by atoms with Crippen LogP contribution in [0.4, 0.5) is 5.69 Å². The molecular weight excluding hydrogens is 416 g/mol. The van der Waals surface area contributed by atoms with Gasteiger partial charge in [-0.1, -0.05) is 53.7 Å². The molecule has 0 bridgehead atoms. The molecule has 0 spiro atoms. The van der Waals surface area contributed by atoms with Gasteiger partial charge in [0.1, 0.15) is 0 Å². The number of fused-ring (bicyclic) bond motifs is 1. The Labute approximate surface area is 173 Å². The quantitative estimate of drug-likeness (QED) is 0.739. The highest BCUT2D eigenvalue weighted by atomic mass is 35.5. The number of halogens is 1. The molecule has 5 nitrogen and oxygen atoms in total. The first-order chi connectivity index (χ1) is 13.3. The minimum Gasteiger partial charge on any atom is -0.315 e. The normalized spacial score (nSPS) is 24.5. The number of sulfone groups is 1. The Hall–Kier alpha value is -1.83. The summed E-state index contributed by atoms with van der Waals surface area (Å²) in [5.74, 6) is -0.0513. The van der Waals surface area contributed by atoms with Crippen LogP contribution in [0.15, 0.2) is 53.5 Å². The van der Waals surface area contributed by atoms with Gasteiger partial charge in [-0.3, -0.25) is 4.79 Å². The lowest BCUT2D eigenvalue weighted by Gasteiger charge is -2.26. The Bertz CT molecular complexity index is 1050. The van der Waals surface area contributed by atoms with Gasteiger partial charge in [0.05, 0.1) is 24.0 Å². The number of anilines is 1. The number of nitrogens with zero attached hydrogens (tertiary/aromatic N) is 2. The van der Waals surface area contributed by atoms with Crippen molar-refractivity contribution in [1.29, 1.82) is 0 Å². The van der Waals surface area contributed by atoms with Gasteiger partial charge in [-0.25, -0.2) is 8.42 Å². The second-order valence-corrected chi connectivity index (χ2v) is 10.8. The maximum Gasteiger partial charge on any atom is 0.252 e. The molecule has 1 amide bonds. The van der Waals surface area contributed by atoms with Crippen LogP contribution in [0.5, 0.6) is 0 Å². The summed E-state index contributed by atoms with van der Waals surface area (Å²) in [4.78, 5) is 18.9. The molecule has 2 aromatic carbocycles. The van der Waals surface area contributed by atoms with Gasteiger partial charge in [0.2, 0.25) is 0 Å². The van der Waals surface area contributed by atoms with Crippen LogP contribution in [-0.4, -0.2) is 42.3 Å². The van der Waals surface area contributed by atoms with Gasteiger partial charge >= 0.3 is 0 Å². The number of rotatable bonds is 3. The molecule has 0 aliphatic carbocycles. The van der Waals surface area contributed by atoms with Gasteiger partial charge in [-0.15, -0.1) is 0 Å². The molecule has 2 saturated heterocycles. The Balaban J connectivity index is 1.65. The molecule has 146 valence electrons. The molecule has 4 rings (SSSR count). The fourth-order valence-corrected chi connectivity index (χ4v) is 7.65. The number of amidine groups is 1. The van der Waals surface area contributed by atoms with Crippen molar-refractivity contribution in [3.63, 3.8) is 0 Å². The van der Waals surface area contributed by atoms with Gasteiger partial charge in [0, 0.05) is 16.0 Å². The molecule has 0 aromatic heterocycles. The van der Waals surface area contributed by atoms with Crippen LogP contribution in [0.2, 0.25) is 5.02 Å². The lowest BCUT2D eigenvalue weighted by atomic mass is 10.1. The van der Waals surface area contributed by atoms with Gasteiger partial charge in [-0.05, 0) is 36.2 Å². The van der Waals surface area contributed by atoms with Gasteiger partial charge in [-0.2, -0.15) is 4.99 Å². The Morgan fingerprint density at radius 1 is 1.18 bits per heavy atom. The molecule has 2 aliphatic heterocycles. The van der Waals surface area contributed by atoms with E-state index in [4.69, 9.17) is 11.6 Å². The zero-order valence-electron chi connectivity index (χ0n) is 15.2. The zero-order valence-corrected chi connectivity index (χ0v) is 17.6.